The second-order valence-electron chi connectivity index (χ2n) is 8.55. The Hall–Kier alpha value is -2.97. The minimum absolute atomic E-state index is 0.0982. The highest BCUT2D eigenvalue weighted by Gasteiger charge is 2.58. The van der Waals surface area contributed by atoms with E-state index in [1.807, 2.05) is 23.1 Å². The van der Waals surface area contributed by atoms with Crippen molar-refractivity contribution in [2.45, 2.75) is 31.1 Å². The molecule has 1 aromatic heterocycles. The van der Waals surface area contributed by atoms with E-state index in [9.17, 15) is 9.59 Å². The molecule has 0 N–H and O–H groups in total. The Balaban J connectivity index is 1.39. The summed E-state index contributed by atoms with van der Waals surface area (Å²) in [6.45, 7) is 3.48. The summed E-state index contributed by atoms with van der Waals surface area (Å²) in [6.07, 6.45) is 3.11. The van der Waals surface area contributed by atoms with E-state index in [-0.39, 0.29) is 23.5 Å². The van der Waals surface area contributed by atoms with Crippen molar-refractivity contribution in [2.24, 2.45) is 0 Å². The molecule has 2 amide bonds. The van der Waals surface area contributed by atoms with Crippen LogP contribution >= 0.6 is 0 Å². The molecule has 8 heteroatoms. The third-order valence-electron chi connectivity index (χ3n) is 6.93. The van der Waals surface area contributed by atoms with Crippen LogP contribution < -0.4 is 4.74 Å². The molecule has 3 saturated heterocycles. The lowest BCUT2D eigenvalue weighted by atomic mass is 9.96. The number of rotatable bonds is 4. The van der Waals surface area contributed by atoms with Gasteiger partial charge in [-0.1, -0.05) is 30.3 Å². The zero-order valence-electron chi connectivity index (χ0n) is 18.3. The number of hydrogen-bond donors (Lipinski definition) is 0. The van der Waals surface area contributed by atoms with Gasteiger partial charge in [-0.2, -0.15) is 0 Å². The van der Waals surface area contributed by atoms with Gasteiger partial charge in [0.05, 0.1) is 25.9 Å². The Morgan fingerprint density at radius 3 is 2.62 bits per heavy atom. The van der Waals surface area contributed by atoms with Crippen molar-refractivity contribution in [1.29, 1.82) is 0 Å². The van der Waals surface area contributed by atoms with E-state index in [1.165, 1.54) is 6.20 Å². The summed E-state index contributed by atoms with van der Waals surface area (Å²) in [5.41, 5.74) is 1.28. The fourth-order valence-electron chi connectivity index (χ4n) is 5.27. The summed E-state index contributed by atoms with van der Waals surface area (Å²) in [5, 5.41) is 0. The van der Waals surface area contributed by atoms with Crippen LogP contribution in [0.1, 0.15) is 28.8 Å². The van der Waals surface area contributed by atoms with Crippen LogP contribution in [0.15, 0.2) is 48.7 Å². The van der Waals surface area contributed by atoms with Gasteiger partial charge in [-0.25, -0.2) is 4.98 Å². The lowest BCUT2D eigenvalue weighted by molar-refractivity contribution is -0.137. The van der Waals surface area contributed by atoms with Gasteiger partial charge in [0, 0.05) is 51.3 Å². The van der Waals surface area contributed by atoms with Crippen LogP contribution in [-0.2, 0) is 16.1 Å². The highest BCUT2D eigenvalue weighted by molar-refractivity contribution is 5.95. The molecule has 168 valence electrons. The Labute approximate surface area is 187 Å². The van der Waals surface area contributed by atoms with Gasteiger partial charge in [0.2, 0.25) is 11.8 Å². The summed E-state index contributed by atoms with van der Waals surface area (Å²) in [7, 11) is 1.54. The van der Waals surface area contributed by atoms with Gasteiger partial charge in [-0.3, -0.25) is 14.5 Å². The predicted octanol–water partition coefficient (Wildman–Crippen LogP) is 1.77. The normalized spacial score (nSPS) is 22.8. The van der Waals surface area contributed by atoms with E-state index in [0.29, 0.717) is 50.8 Å². The molecule has 0 saturated carbocycles. The topological polar surface area (TPSA) is 75.2 Å². The van der Waals surface area contributed by atoms with Gasteiger partial charge >= 0.3 is 0 Å². The zero-order chi connectivity index (χ0) is 22.1. The lowest BCUT2D eigenvalue weighted by Crippen LogP contribution is -2.62. The standard InChI is InChI=1S/C24H28N4O4/c1-31-21-8-7-19(15-25-21)22(29)26-11-12-27-20(17-26)23(30)28(16-18-5-3-2-4-6-18)24(27)9-13-32-14-10-24/h2-8,15,20H,9-14,16-17H2,1H3/t20-/m1/s1. The van der Waals surface area contributed by atoms with Crippen molar-refractivity contribution in [3.63, 3.8) is 0 Å². The van der Waals surface area contributed by atoms with E-state index in [0.717, 1.165) is 18.4 Å². The van der Waals surface area contributed by atoms with Crippen LogP contribution in [0.5, 0.6) is 5.88 Å². The SMILES string of the molecule is COc1ccc(C(=O)N2CCN3[C@H](C2)C(=O)N(Cc2ccccc2)C32CCOCC2)cn1. The smallest absolute Gasteiger partial charge is 0.255 e. The third kappa shape index (κ3) is 3.53. The number of ether oxygens (including phenoxy) is 2. The average molecular weight is 437 g/mol. The molecule has 0 radical (unpaired) electrons. The number of piperazine rings is 1. The van der Waals surface area contributed by atoms with Crippen molar-refractivity contribution in [2.75, 3.05) is 40.0 Å². The minimum Gasteiger partial charge on any atom is -0.481 e. The first-order chi connectivity index (χ1) is 15.6. The minimum atomic E-state index is -0.341. The number of hydrogen-bond acceptors (Lipinski definition) is 6. The molecule has 5 rings (SSSR count). The number of carbonyl (C=O) groups is 2. The fourth-order valence-corrected chi connectivity index (χ4v) is 5.27. The van der Waals surface area contributed by atoms with E-state index >= 15 is 0 Å². The zero-order valence-corrected chi connectivity index (χ0v) is 18.3. The lowest BCUT2D eigenvalue weighted by Gasteiger charge is -2.49. The van der Waals surface area contributed by atoms with Crippen molar-refractivity contribution in [3.8, 4) is 5.88 Å². The number of amides is 2. The summed E-state index contributed by atoms with van der Waals surface area (Å²) in [5.74, 6) is 0.464. The van der Waals surface area contributed by atoms with Crippen LogP contribution in [0.25, 0.3) is 0 Å². The maximum absolute atomic E-state index is 13.7. The van der Waals surface area contributed by atoms with Crippen molar-refractivity contribution < 1.29 is 19.1 Å². The fraction of sp³-hybridized carbons (Fsp3) is 0.458. The molecule has 1 atom stereocenters. The quantitative estimate of drug-likeness (QED) is 0.727. The molecule has 3 fully saturated rings. The largest absolute Gasteiger partial charge is 0.481 e. The Bertz CT molecular complexity index is 975. The number of benzene rings is 1. The van der Waals surface area contributed by atoms with Gasteiger partial charge < -0.3 is 19.3 Å². The molecule has 0 aliphatic carbocycles. The molecule has 2 aromatic rings. The average Bonchev–Trinajstić information content (AvgIpc) is 3.07. The maximum Gasteiger partial charge on any atom is 0.255 e. The Morgan fingerprint density at radius 1 is 1.16 bits per heavy atom. The van der Waals surface area contributed by atoms with E-state index < -0.39 is 0 Å². The molecule has 8 nitrogen and oxygen atoms in total. The molecule has 3 aliphatic heterocycles. The number of carbonyl (C=O) groups excluding carboxylic acids is 2. The van der Waals surface area contributed by atoms with Crippen molar-refractivity contribution in [1.82, 2.24) is 19.7 Å². The molecule has 0 bridgehead atoms. The van der Waals surface area contributed by atoms with Crippen molar-refractivity contribution in [3.05, 3.63) is 59.8 Å². The van der Waals surface area contributed by atoms with Crippen LogP contribution in [0, 0.1) is 0 Å². The second-order valence-corrected chi connectivity index (χ2v) is 8.55. The molecular weight excluding hydrogens is 408 g/mol. The maximum atomic E-state index is 13.7. The first-order valence-electron chi connectivity index (χ1n) is 11.1. The number of nitrogens with zero attached hydrogens (tertiary/aromatic N) is 4. The van der Waals surface area contributed by atoms with Gasteiger partial charge in [0.1, 0.15) is 11.7 Å². The second kappa shape index (κ2) is 8.52. The van der Waals surface area contributed by atoms with Crippen LogP contribution in [0.3, 0.4) is 0 Å². The highest BCUT2D eigenvalue weighted by Crippen LogP contribution is 2.42. The van der Waals surface area contributed by atoms with Crippen LogP contribution in [0.4, 0.5) is 0 Å². The van der Waals surface area contributed by atoms with E-state index in [4.69, 9.17) is 9.47 Å². The molecule has 4 heterocycles. The van der Waals surface area contributed by atoms with E-state index in [2.05, 4.69) is 22.0 Å². The van der Waals surface area contributed by atoms with Gasteiger partial charge in [0.25, 0.3) is 5.91 Å². The van der Waals surface area contributed by atoms with Crippen LogP contribution in [-0.4, -0.2) is 83.2 Å². The number of fused-ring (bicyclic) bond motifs is 2. The van der Waals surface area contributed by atoms with Crippen molar-refractivity contribution >= 4 is 11.8 Å². The number of pyridine rings is 1. The molecule has 3 aliphatic rings. The monoisotopic (exact) mass is 436 g/mol. The predicted molar refractivity (Wildman–Crippen MR) is 117 cm³/mol. The van der Waals surface area contributed by atoms with Gasteiger partial charge in [0.15, 0.2) is 0 Å². The number of methoxy groups -OCH3 is 1. The van der Waals surface area contributed by atoms with Gasteiger partial charge in [-0.05, 0) is 11.6 Å². The third-order valence-corrected chi connectivity index (χ3v) is 6.93. The molecule has 0 unspecified atom stereocenters. The van der Waals surface area contributed by atoms with Crippen LogP contribution in [0.2, 0.25) is 0 Å². The highest BCUT2D eigenvalue weighted by atomic mass is 16.5. The summed E-state index contributed by atoms with van der Waals surface area (Å²) in [6, 6.07) is 13.2. The number of aromatic nitrogens is 1. The Kier molecular flexibility index (Phi) is 5.57. The van der Waals surface area contributed by atoms with Gasteiger partial charge in [-0.15, -0.1) is 0 Å². The Morgan fingerprint density at radius 2 is 1.94 bits per heavy atom. The van der Waals surface area contributed by atoms with E-state index in [1.54, 1.807) is 24.1 Å². The summed E-state index contributed by atoms with van der Waals surface area (Å²) in [4.78, 5) is 37.1. The summed E-state index contributed by atoms with van der Waals surface area (Å²) >= 11 is 0. The molecule has 1 spiro atoms. The first kappa shape index (κ1) is 20.9. The molecule has 32 heavy (non-hydrogen) atoms. The first-order valence-corrected chi connectivity index (χ1v) is 11.1. The molecular formula is C24H28N4O4. The summed E-state index contributed by atoms with van der Waals surface area (Å²) < 4.78 is 10.7. The molecule has 1 aromatic carbocycles.